The molecule has 124 valence electrons. The van der Waals surface area contributed by atoms with Gasteiger partial charge >= 0.3 is 6.03 Å². The minimum absolute atomic E-state index is 0.0803. The molecule has 0 spiro atoms. The van der Waals surface area contributed by atoms with Crippen molar-refractivity contribution in [1.29, 1.82) is 0 Å². The van der Waals surface area contributed by atoms with E-state index >= 15 is 0 Å². The van der Waals surface area contributed by atoms with Crippen LogP contribution in [0.4, 0.5) is 16.2 Å². The molecule has 0 radical (unpaired) electrons. The molecule has 2 aromatic carbocycles. The fourth-order valence-electron chi connectivity index (χ4n) is 2.07. The Balaban J connectivity index is 1.86. The van der Waals surface area contributed by atoms with E-state index in [0.29, 0.717) is 24.3 Å². The topological polar surface area (TPSA) is 70.2 Å². The number of amides is 3. The van der Waals surface area contributed by atoms with Crippen LogP contribution in [0.5, 0.6) is 0 Å². The van der Waals surface area contributed by atoms with Crippen molar-refractivity contribution in [2.45, 2.75) is 13.3 Å². The van der Waals surface area contributed by atoms with Crippen molar-refractivity contribution in [3.05, 3.63) is 72.3 Å². The Kier molecular flexibility index (Phi) is 6.14. The van der Waals surface area contributed by atoms with E-state index in [9.17, 15) is 9.59 Å². The van der Waals surface area contributed by atoms with Crippen molar-refractivity contribution in [2.24, 2.45) is 0 Å². The second-order valence-electron chi connectivity index (χ2n) is 5.41. The van der Waals surface area contributed by atoms with E-state index in [0.717, 1.165) is 5.56 Å². The molecule has 0 aliphatic carbocycles. The Labute approximate surface area is 141 Å². The normalized spacial score (nSPS) is 9.88. The Morgan fingerprint density at radius 3 is 2.12 bits per heavy atom. The Bertz CT molecular complexity index is 706. The van der Waals surface area contributed by atoms with E-state index in [4.69, 9.17) is 0 Å². The Hall–Kier alpha value is -3.08. The lowest BCUT2D eigenvalue weighted by molar-refractivity contribution is -0.115. The molecule has 3 N–H and O–H groups in total. The van der Waals surface area contributed by atoms with E-state index < -0.39 is 0 Å². The number of hydrogen-bond donors (Lipinski definition) is 3. The number of rotatable bonds is 6. The maximum atomic E-state index is 12.0. The van der Waals surface area contributed by atoms with Gasteiger partial charge in [0.25, 0.3) is 0 Å². The molecule has 0 aromatic heterocycles. The largest absolute Gasteiger partial charge is 0.334 e. The zero-order valence-corrected chi connectivity index (χ0v) is 13.6. The average Bonchev–Trinajstić information content (AvgIpc) is 2.57. The van der Waals surface area contributed by atoms with E-state index in [1.807, 2.05) is 31.2 Å². The first-order valence-corrected chi connectivity index (χ1v) is 7.68. The van der Waals surface area contributed by atoms with Crippen LogP contribution < -0.4 is 16.0 Å². The lowest BCUT2D eigenvalue weighted by Crippen LogP contribution is -2.28. The van der Waals surface area contributed by atoms with Gasteiger partial charge in [-0.25, -0.2) is 4.79 Å². The summed E-state index contributed by atoms with van der Waals surface area (Å²) in [4.78, 5) is 23.6. The summed E-state index contributed by atoms with van der Waals surface area (Å²) < 4.78 is 0. The molecule has 0 bridgehead atoms. The molecule has 0 saturated heterocycles. The summed E-state index contributed by atoms with van der Waals surface area (Å²) in [7, 11) is 0. The van der Waals surface area contributed by atoms with Gasteiger partial charge in [0.15, 0.2) is 0 Å². The number of aryl methyl sites for hydroxylation is 1. The smallest absolute Gasteiger partial charge is 0.319 e. The molecule has 5 nitrogen and oxygen atoms in total. The molecule has 2 rings (SSSR count). The summed E-state index contributed by atoms with van der Waals surface area (Å²) in [6.45, 7) is 5.94. The van der Waals surface area contributed by atoms with Gasteiger partial charge in [-0.1, -0.05) is 35.9 Å². The van der Waals surface area contributed by atoms with Crippen LogP contribution in [0.3, 0.4) is 0 Å². The third-order valence-corrected chi connectivity index (χ3v) is 3.32. The molecule has 0 atom stereocenters. The molecule has 0 unspecified atom stereocenters. The average molecular weight is 323 g/mol. The summed E-state index contributed by atoms with van der Waals surface area (Å²) in [5.41, 5.74) is 3.46. The van der Waals surface area contributed by atoms with Gasteiger partial charge in [-0.15, -0.1) is 6.58 Å². The number of carbonyl (C=O) groups excluding carboxylic acids is 2. The maximum Gasteiger partial charge on any atom is 0.319 e. The third-order valence-electron chi connectivity index (χ3n) is 3.32. The van der Waals surface area contributed by atoms with Crippen LogP contribution in [0.15, 0.2) is 61.2 Å². The number of nitrogens with one attached hydrogen (secondary N) is 3. The first kappa shape index (κ1) is 17.3. The lowest BCUT2D eigenvalue weighted by atomic mass is 10.1. The number of carbonyl (C=O) groups is 2. The summed E-state index contributed by atoms with van der Waals surface area (Å²) in [5, 5.41) is 8.15. The molecule has 0 aliphatic heterocycles. The first-order chi connectivity index (χ1) is 11.6. The number of hydrogen-bond acceptors (Lipinski definition) is 2. The highest BCUT2D eigenvalue weighted by atomic mass is 16.2. The van der Waals surface area contributed by atoms with Crippen LogP contribution >= 0.6 is 0 Å². The molecule has 0 saturated carbocycles. The molecular formula is C19H21N3O2. The molecule has 2 aromatic rings. The van der Waals surface area contributed by atoms with Gasteiger partial charge in [0.05, 0.1) is 6.42 Å². The molecule has 0 aliphatic rings. The quantitative estimate of drug-likeness (QED) is 0.712. The second kappa shape index (κ2) is 8.53. The predicted octanol–water partition coefficient (Wildman–Crippen LogP) is 3.48. The summed E-state index contributed by atoms with van der Waals surface area (Å²) in [6, 6.07) is 14.5. The summed E-state index contributed by atoms with van der Waals surface area (Å²) >= 11 is 0. The number of benzene rings is 2. The standard InChI is InChI=1S/C19H21N3O2/c1-3-12-20-19(24)22-17-10-8-16(9-11-17)21-18(23)13-15-6-4-14(2)5-7-15/h3-11H,1,12-13H2,2H3,(H,21,23)(H2,20,22,24). The fraction of sp³-hybridized carbons (Fsp3) is 0.158. The maximum absolute atomic E-state index is 12.0. The highest BCUT2D eigenvalue weighted by Gasteiger charge is 2.05. The second-order valence-corrected chi connectivity index (χ2v) is 5.41. The first-order valence-electron chi connectivity index (χ1n) is 7.68. The van der Waals surface area contributed by atoms with Gasteiger partial charge in [-0.2, -0.15) is 0 Å². The van der Waals surface area contributed by atoms with E-state index in [2.05, 4.69) is 22.5 Å². The minimum Gasteiger partial charge on any atom is -0.334 e. The van der Waals surface area contributed by atoms with Gasteiger partial charge in [0, 0.05) is 17.9 Å². The zero-order valence-electron chi connectivity index (χ0n) is 13.6. The van der Waals surface area contributed by atoms with Crippen LogP contribution in [0.2, 0.25) is 0 Å². The van der Waals surface area contributed by atoms with Crippen molar-refractivity contribution in [1.82, 2.24) is 5.32 Å². The van der Waals surface area contributed by atoms with Crippen molar-refractivity contribution < 1.29 is 9.59 Å². The van der Waals surface area contributed by atoms with Gasteiger partial charge in [0.2, 0.25) is 5.91 Å². The lowest BCUT2D eigenvalue weighted by Gasteiger charge is -2.08. The molecule has 0 heterocycles. The van der Waals surface area contributed by atoms with Crippen molar-refractivity contribution in [3.8, 4) is 0 Å². The SMILES string of the molecule is C=CCNC(=O)Nc1ccc(NC(=O)Cc2ccc(C)cc2)cc1. The van der Waals surface area contributed by atoms with Crippen LogP contribution in [0, 0.1) is 6.92 Å². The third kappa shape index (κ3) is 5.61. The van der Waals surface area contributed by atoms with Crippen molar-refractivity contribution in [3.63, 3.8) is 0 Å². The number of anilines is 2. The van der Waals surface area contributed by atoms with Gasteiger partial charge in [-0.05, 0) is 36.8 Å². The van der Waals surface area contributed by atoms with Crippen LogP contribution in [-0.2, 0) is 11.2 Å². The van der Waals surface area contributed by atoms with Crippen molar-refractivity contribution >= 4 is 23.3 Å². The molecule has 0 fully saturated rings. The van der Waals surface area contributed by atoms with Crippen molar-refractivity contribution in [2.75, 3.05) is 17.2 Å². The van der Waals surface area contributed by atoms with Gasteiger partial charge in [-0.3, -0.25) is 4.79 Å². The fourth-order valence-corrected chi connectivity index (χ4v) is 2.07. The highest BCUT2D eigenvalue weighted by Crippen LogP contribution is 2.14. The van der Waals surface area contributed by atoms with Crippen LogP contribution in [0.1, 0.15) is 11.1 Å². The predicted molar refractivity (Wildman–Crippen MR) is 97.2 cm³/mol. The molecule has 5 heteroatoms. The van der Waals surface area contributed by atoms with Crippen LogP contribution in [0.25, 0.3) is 0 Å². The van der Waals surface area contributed by atoms with E-state index in [1.54, 1.807) is 30.3 Å². The minimum atomic E-state index is -0.300. The van der Waals surface area contributed by atoms with E-state index in [1.165, 1.54) is 5.56 Å². The molecule has 3 amide bonds. The summed E-state index contributed by atoms with van der Waals surface area (Å²) in [6.07, 6.45) is 1.93. The van der Waals surface area contributed by atoms with E-state index in [-0.39, 0.29) is 11.9 Å². The summed E-state index contributed by atoms with van der Waals surface area (Å²) in [5.74, 6) is -0.0803. The molecule has 24 heavy (non-hydrogen) atoms. The highest BCUT2D eigenvalue weighted by molar-refractivity contribution is 5.93. The number of urea groups is 1. The Morgan fingerprint density at radius 2 is 1.54 bits per heavy atom. The monoisotopic (exact) mass is 323 g/mol. The van der Waals surface area contributed by atoms with Crippen LogP contribution in [-0.4, -0.2) is 18.5 Å². The van der Waals surface area contributed by atoms with Gasteiger partial charge in [0.1, 0.15) is 0 Å². The molecular weight excluding hydrogens is 302 g/mol. The Morgan fingerprint density at radius 1 is 0.958 bits per heavy atom. The van der Waals surface area contributed by atoms with Gasteiger partial charge < -0.3 is 16.0 Å². The zero-order chi connectivity index (χ0) is 17.4.